The minimum Gasteiger partial charge on any atom is -0.477 e. The largest absolute Gasteiger partial charge is 0.477 e. The molecule has 3 aromatic rings. The number of ether oxygens (including phenoxy) is 2. The molecule has 1 unspecified atom stereocenters. The van der Waals surface area contributed by atoms with E-state index in [1.807, 2.05) is 4.90 Å². The first kappa shape index (κ1) is 26.3. The average molecular weight is 545 g/mol. The summed E-state index contributed by atoms with van der Waals surface area (Å²) in [6, 6.07) is 9.21. The lowest BCUT2D eigenvalue weighted by atomic mass is 9.85. The minimum atomic E-state index is -2.77. The topological polar surface area (TPSA) is 68.5 Å². The molecule has 0 radical (unpaired) electrons. The number of imidazole rings is 1. The predicted molar refractivity (Wildman–Crippen MR) is 142 cm³/mol. The Hall–Kier alpha value is -2.92. The number of aromatic nitrogens is 4. The van der Waals surface area contributed by atoms with E-state index < -0.39 is 6.43 Å². The molecule has 2 saturated heterocycles. The molecule has 210 valence electrons. The van der Waals surface area contributed by atoms with Crippen LogP contribution in [0.15, 0.2) is 30.3 Å². The number of likely N-dealkylation sites (tertiary alicyclic amines) is 1. The van der Waals surface area contributed by atoms with Crippen LogP contribution in [-0.2, 0) is 4.74 Å². The summed E-state index contributed by atoms with van der Waals surface area (Å²) >= 11 is 0. The van der Waals surface area contributed by atoms with Crippen LogP contribution >= 0.6 is 0 Å². The molecular weight excluding hydrogens is 509 g/mol. The molecule has 1 atom stereocenters. The van der Waals surface area contributed by atoms with Crippen molar-refractivity contribution in [3.05, 3.63) is 36.2 Å². The molecule has 2 aliphatic heterocycles. The fourth-order valence-corrected chi connectivity index (χ4v) is 6.28. The second-order valence-corrected chi connectivity index (χ2v) is 10.7. The van der Waals surface area contributed by atoms with Gasteiger partial charge in [-0.05, 0) is 63.1 Å². The van der Waals surface area contributed by atoms with Gasteiger partial charge in [-0.2, -0.15) is 9.97 Å². The normalized spacial score (nSPS) is 24.6. The van der Waals surface area contributed by atoms with Gasteiger partial charge in [-0.25, -0.2) is 18.2 Å². The summed E-state index contributed by atoms with van der Waals surface area (Å²) in [6.45, 7) is 3.53. The van der Waals surface area contributed by atoms with Gasteiger partial charge in [0.15, 0.2) is 5.82 Å². The van der Waals surface area contributed by atoms with Gasteiger partial charge in [-0.3, -0.25) is 9.47 Å². The first-order valence-corrected chi connectivity index (χ1v) is 14.0. The Bertz CT molecular complexity index is 1260. The summed E-state index contributed by atoms with van der Waals surface area (Å²) in [5.41, 5.74) is 1.03. The van der Waals surface area contributed by atoms with Gasteiger partial charge in [0.25, 0.3) is 6.43 Å². The summed E-state index contributed by atoms with van der Waals surface area (Å²) in [7, 11) is 0. The summed E-state index contributed by atoms with van der Waals surface area (Å²) in [5.74, 6) is 1.10. The van der Waals surface area contributed by atoms with Gasteiger partial charge in [0.05, 0.1) is 30.9 Å². The van der Waals surface area contributed by atoms with Gasteiger partial charge in [0, 0.05) is 31.2 Å². The zero-order chi connectivity index (χ0) is 26.8. The van der Waals surface area contributed by atoms with Gasteiger partial charge in [0.1, 0.15) is 12.5 Å². The van der Waals surface area contributed by atoms with Crippen molar-refractivity contribution >= 4 is 17.0 Å². The maximum atomic E-state index is 14.1. The Balaban J connectivity index is 1.23. The van der Waals surface area contributed by atoms with Crippen molar-refractivity contribution in [3.63, 3.8) is 0 Å². The number of fused-ring (bicyclic) bond motifs is 1. The van der Waals surface area contributed by atoms with E-state index in [1.165, 1.54) is 4.57 Å². The number of morpholine rings is 1. The molecule has 39 heavy (non-hydrogen) atoms. The molecule has 8 nitrogen and oxygen atoms in total. The summed E-state index contributed by atoms with van der Waals surface area (Å²) in [4.78, 5) is 17.9. The summed E-state index contributed by atoms with van der Waals surface area (Å²) in [6.07, 6.45) is 3.37. The van der Waals surface area contributed by atoms with Crippen molar-refractivity contribution in [2.45, 2.75) is 57.0 Å². The standard InChI is InChI=1S/C28H35F3N6O2/c29-17-21-4-3-11-36(21)20-9-7-19(8-10-20)18-39-25-16-24(33-28(34-25)35-12-14-38-15-13-35)37-23-6-2-1-5-22(23)32-27(37)26(30)31/h1-2,5-6,16,19-21,26H,3-4,7-15,17-18H2. The third-order valence-corrected chi connectivity index (χ3v) is 8.34. The fourth-order valence-electron chi connectivity index (χ4n) is 6.28. The predicted octanol–water partition coefficient (Wildman–Crippen LogP) is 4.96. The number of nitrogens with zero attached hydrogens (tertiary/aromatic N) is 6. The molecule has 0 N–H and O–H groups in total. The number of hydrogen-bond donors (Lipinski definition) is 0. The lowest BCUT2D eigenvalue weighted by molar-refractivity contribution is 0.0954. The molecule has 0 bridgehead atoms. The van der Waals surface area contributed by atoms with E-state index in [2.05, 4.69) is 19.9 Å². The van der Waals surface area contributed by atoms with E-state index in [4.69, 9.17) is 9.47 Å². The highest BCUT2D eigenvalue weighted by molar-refractivity contribution is 5.78. The van der Waals surface area contributed by atoms with Gasteiger partial charge in [-0.15, -0.1) is 0 Å². The number of alkyl halides is 3. The molecule has 4 heterocycles. The molecule has 3 aliphatic rings. The summed E-state index contributed by atoms with van der Waals surface area (Å²) < 4.78 is 54.7. The van der Waals surface area contributed by atoms with Gasteiger partial charge in [0.2, 0.25) is 11.8 Å². The molecule has 1 aliphatic carbocycles. The third kappa shape index (κ3) is 5.56. The highest BCUT2D eigenvalue weighted by atomic mass is 19.3. The van der Waals surface area contributed by atoms with Crippen LogP contribution < -0.4 is 9.64 Å². The Morgan fingerprint density at radius 2 is 1.77 bits per heavy atom. The van der Waals surface area contributed by atoms with Crippen LogP contribution in [0.5, 0.6) is 5.88 Å². The van der Waals surface area contributed by atoms with Gasteiger partial charge >= 0.3 is 0 Å². The maximum Gasteiger partial charge on any atom is 0.296 e. The molecule has 0 amide bonds. The van der Waals surface area contributed by atoms with Crippen LogP contribution in [0.1, 0.15) is 50.8 Å². The van der Waals surface area contributed by atoms with Crippen LogP contribution in [0.2, 0.25) is 0 Å². The monoisotopic (exact) mass is 544 g/mol. The van der Waals surface area contributed by atoms with Gasteiger partial charge in [-0.1, -0.05) is 12.1 Å². The number of hydrogen-bond acceptors (Lipinski definition) is 7. The lowest BCUT2D eigenvalue weighted by Gasteiger charge is -2.37. The zero-order valence-corrected chi connectivity index (χ0v) is 22.0. The van der Waals surface area contributed by atoms with Crippen molar-refractivity contribution in [1.82, 2.24) is 24.4 Å². The van der Waals surface area contributed by atoms with Crippen LogP contribution in [0, 0.1) is 5.92 Å². The molecule has 6 rings (SSSR count). The number of rotatable bonds is 8. The highest BCUT2D eigenvalue weighted by Crippen LogP contribution is 2.33. The van der Waals surface area contributed by atoms with E-state index in [0.717, 1.165) is 45.1 Å². The number of para-hydroxylation sites is 2. The average Bonchev–Trinajstić information content (AvgIpc) is 3.62. The van der Waals surface area contributed by atoms with Crippen molar-refractivity contribution in [3.8, 4) is 11.7 Å². The van der Waals surface area contributed by atoms with E-state index in [9.17, 15) is 13.2 Å². The SMILES string of the molecule is FCC1CCCN1C1CCC(COc2cc(-n3c(C(F)F)nc4ccccc43)nc(N3CCOCC3)n2)CC1. The minimum absolute atomic E-state index is 0.0817. The molecular formula is C28H35F3N6O2. The Labute approximate surface area is 226 Å². The van der Waals surface area contributed by atoms with Gasteiger partial charge < -0.3 is 14.4 Å². The molecule has 2 aromatic heterocycles. The van der Waals surface area contributed by atoms with Crippen molar-refractivity contribution in [2.24, 2.45) is 5.92 Å². The number of halogens is 3. The Morgan fingerprint density at radius 3 is 2.54 bits per heavy atom. The van der Waals surface area contributed by atoms with Crippen LogP contribution in [0.25, 0.3) is 16.9 Å². The third-order valence-electron chi connectivity index (χ3n) is 8.34. The molecule has 1 aromatic carbocycles. The van der Waals surface area contributed by atoms with E-state index in [0.29, 0.717) is 73.5 Å². The van der Waals surface area contributed by atoms with Crippen LogP contribution in [0.3, 0.4) is 0 Å². The molecule has 11 heteroatoms. The quantitative estimate of drug-likeness (QED) is 0.397. The van der Waals surface area contributed by atoms with Crippen molar-refractivity contribution in [1.29, 1.82) is 0 Å². The zero-order valence-electron chi connectivity index (χ0n) is 22.0. The molecule has 0 spiro atoms. The van der Waals surface area contributed by atoms with Crippen molar-refractivity contribution in [2.75, 3.05) is 51.0 Å². The van der Waals surface area contributed by atoms with Crippen LogP contribution in [0.4, 0.5) is 19.1 Å². The highest BCUT2D eigenvalue weighted by Gasteiger charge is 2.33. The first-order valence-electron chi connectivity index (χ1n) is 14.0. The van der Waals surface area contributed by atoms with E-state index >= 15 is 0 Å². The first-order chi connectivity index (χ1) is 19.1. The van der Waals surface area contributed by atoms with Crippen molar-refractivity contribution < 1.29 is 22.6 Å². The lowest BCUT2D eigenvalue weighted by Crippen LogP contribution is -2.42. The second-order valence-electron chi connectivity index (χ2n) is 10.7. The maximum absolute atomic E-state index is 14.1. The van der Waals surface area contributed by atoms with E-state index in [1.54, 1.807) is 30.3 Å². The van der Waals surface area contributed by atoms with E-state index in [-0.39, 0.29) is 18.5 Å². The fraction of sp³-hybridized carbons (Fsp3) is 0.607. The smallest absolute Gasteiger partial charge is 0.296 e. The Morgan fingerprint density at radius 1 is 0.974 bits per heavy atom. The van der Waals surface area contributed by atoms with Crippen LogP contribution in [-0.4, -0.2) is 82.6 Å². The Kier molecular flexibility index (Phi) is 7.87. The molecule has 1 saturated carbocycles. The second kappa shape index (κ2) is 11.7. The molecule has 3 fully saturated rings. The number of anilines is 1. The summed E-state index contributed by atoms with van der Waals surface area (Å²) in [5, 5.41) is 0. The number of benzene rings is 1.